The number of hydrogen-bond acceptors (Lipinski definition) is 4. The normalized spacial score (nSPS) is 10.4. The van der Waals surface area contributed by atoms with E-state index in [1.165, 1.54) is 6.39 Å². The summed E-state index contributed by atoms with van der Waals surface area (Å²) in [6.45, 7) is 2.31. The second kappa shape index (κ2) is 6.15. The first-order chi connectivity index (χ1) is 9.22. The van der Waals surface area contributed by atoms with Gasteiger partial charge in [-0.05, 0) is 12.5 Å². The summed E-state index contributed by atoms with van der Waals surface area (Å²) in [5, 5.41) is 9.09. The van der Waals surface area contributed by atoms with Gasteiger partial charge in [0.2, 0.25) is 0 Å². The molecule has 2 aromatic rings. The third-order valence-corrected chi connectivity index (χ3v) is 2.82. The molecule has 2 rings (SSSR count). The molecular formula is C14H16N2O3. The minimum atomic E-state index is -0.232. The van der Waals surface area contributed by atoms with Gasteiger partial charge in [-0.15, -0.1) is 0 Å². The van der Waals surface area contributed by atoms with E-state index < -0.39 is 0 Å². The Morgan fingerprint density at radius 2 is 2.11 bits per heavy atom. The van der Waals surface area contributed by atoms with Crippen molar-refractivity contribution < 1.29 is 14.3 Å². The maximum absolute atomic E-state index is 12.3. The van der Waals surface area contributed by atoms with Gasteiger partial charge in [0.15, 0.2) is 12.1 Å². The molecule has 1 N–H and O–H groups in total. The molecule has 0 spiro atoms. The lowest BCUT2D eigenvalue weighted by Crippen LogP contribution is -2.33. The van der Waals surface area contributed by atoms with E-state index in [-0.39, 0.29) is 19.1 Å². The van der Waals surface area contributed by atoms with Gasteiger partial charge in [0.1, 0.15) is 5.76 Å². The molecule has 0 unspecified atom stereocenters. The summed E-state index contributed by atoms with van der Waals surface area (Å²) >= 11 is 0. The fourth-order valence-electron chi connectivity index (χ4n) is 1.84. The molecule has 0 saturated carbocycles. The summed E-state index contributed by atoms with van der Waals surface area (Å²) in [6, 6.07) is 9.63. The number of carbonyl (C=O) groups is 1. The van der Waals surface area contributed by atoms with Crippen molar-refractivity contribution in [3.8, 4) is 0 Å². The van der Waals surface area contributed by atoms with Crippen molar-refractivity contribution in [2.45, 2.75) is 13.5 Å². The molecule has 0 radical (unpaired) electrons. The van der Waals surface area contributed by atoms with Crippen molar-refractivity contribution in [1.82, 2.24) is 9.88 Å². The van der Waals surface area contributed by atoms with Crippen LogP contribution in [0.1, 0.15) is 21.8 Å². The van der Waals surface area contributed by atoms with E-state index in [1.807, 2.05) is 30.3 Å². The van der Waals surface area contributed by atoms with Crippen LogP contribution in [0.3, 0.4) is 0 Å². The van der Waals surface area contributed by atoms with Crippen LogP contribution in [0.4, 0.5) is 0 Å². The number of benzene rings is 1. The highest BCUT2D eigenvalue weighted by Crippen LogP contribution is 2.11. The maximum atomic E-state index is 12.3. The number of nitrogens with zero attached hydrogens (tertiary/aromatic N) is 2. The quantitative estimate of drug-likeness (QED) is 0.887. The highest BCUT2D eigenvalue weighted by Gasteiger charge is 2.20. The zero-order valence-corrected chi connectivity index (χ0v) is 10.7. The Bertz CT molecular complexity index is 537. The van der Waals surface area contributed by atoms with Gasteiger partial charge in [0.25, 0.3) is 5.91 Å². The van der Waals surface area contributed by atoms with Crippen molar-refractivity contribution in [3.63, 3.8) is 0 Å². The second-order valence-electron chi connectivity index (χ2n) is 4.19. The van der Waals surface area contributed by atoms with Crippen molar-refractivity contribution in [2.75, 3.05) is 13.2 Å². The van der Waals surface area contributed by atoms with E-state index in [4.69, 9.17) is 9.52 Å². The molecule has 0 aliphatic rings. The number of hydrogen-bond donors (Lipinski definition) is 1. The molecule has 1 amide bonds. The van der Waals surface area contributed by atoms with Gasteiger partial charge >= 0.3 is 0 Å². The summed E-state index contributed by atoms with van der Waals surface area (Å²) in [5.41, 5.74) is 1.30. The van der Waals surface area contributed by atoms with Gasteiger partial charge in [0.05, 0.1) is 6.61 Å². The van der Waals surface area contributed by atoms with E-state index in [0.717, 1.165) is 5.56 Å². The zero-order chi connectivity index (χ0) is 13.7. The van der Waals surface area contributed by atoms with Crippen LogP contribution in [0.5, 0.6) is 0 Å². The van der Waals surface area contributed by atoms with E-state index >= 15 is 0 Å². The molecule has 0 bridgehead atoms. The molecule has 5 nitrogen and oxygen atoms in total. The van der Waals surface area contributed by atoms with E-state index in [2.05, 4.69) is 4.98 Å². The van der Waals surface area contributed by atoms with Crippen LogP contribution in [-0.2, 0) is 6.54 Å². The fraction of sp³-hybridized carbons (Fsp3) is 0.286. The molecule has 1 heterocycles. The first-order valence-electron chi connectivity index (χ1n) is 6.06. The summed E-state index contributed by atoms with van der Waals surface area (Å²) in [5.74, 6) is 0.255. The Hall–Kier alpha value is -2.14. The molecule has 1 aromatic heterocycles. The SMILES string of the molecule is Cc1ocnc1C(=O)N(CCO)Cc1ccccc1. The smallest absolute Gasteiger partial charge is 0.276 e. The molecule has 1 aromatic carbocycles. The Labute approximate surface area is 111 Å². The predicted molar refractivity (Wildman–Crippen MR) is 69.5 cm³/mol. The molecule has 5 heteroatoms. The Morgan fingerprint density at radius 1 is 1.37 bits per heavy atom. The van der Waals surface area contributed by atoms with E-state index in [9.17, 15) is 4.79 Å². The number of rotatable bonds is 5. The van der Waals surface area contributed by atoms with Crippen LogP contribution >= 0.6 is 0 Å². The third kappa shape index (κ3) is 3.20. The molecular weight excluding hydrogens is 244 g/mol. The molecule has 100 valence electrons. The Balaban J connectivity index is 2.16. The monoisotopic (exact) mass is 260 g/mol. The predicted octanol–water partition coefficient (Wildman–Crippen LogP) is 1.62. The summed E-state index contributed by atoms with van der Waals surface area (Å²) in [4.78, 5) is 17.8. The van der Waals surface area contributed by atoms with Crippen molar-refractivity contribution in [3.05, 3.63) is 53.7 Å². The third-order valence-electron chi connectivity index (χ3n) is 2.82. The lowest BCUT2D eigenvalue weighted by Gasteiger charge is -2.21. The minimum absolute atomic E-state index is 0.0878. The van der Waals surface area contributed by atoms with Gasteiger partial charge < -0.3 is 14.4 Å². The van der Waals surface area contributed by atoms with Crippen LogP contribution in [0, 0.1) is 6.92 Å². The van der Waals surface area contributed by atoms with Gasteiger partial charge in [0, 0.05) is 13.1 Å². The van der Waals surface area contributed by atoms with Gasteiger partial charge in [-0.25, -0.2) is 4.98 Å². The summed E-state index contributed by atoms with van der Waals surface area (Å²) in [7, 11) is 0. The standard InChI is InChI=1S/C14H16N2O3/c1-11-13(15-10-19-11)14(18)16(7-8-17)9-12-5-3-2-4-6-12/h2-6,10,17H,7-9H2,1H3. The number of aliphatic hydroxyl groups excluding tert-OH is 1. The second-order valence-corrected chi connectivity index (χ2v) is 4.19. The number of aryl methyl sites for hydroxylation is 1. The molecule has 0 atom stereocenters. The average Bonchev–Trinajstić information content (AvgIpc) is 2.85. The zero-order valence-electron chi connectivity index (χ0n) is 10.7. The summed E-state index contributed by atoms with van der Waals surface area (Å²) in [6.07, 6.45) is 1.25. The number of aromatic nitrogens is 1. The molecule has 0 aliphatic heterocycles. The highest BCUT2D eigenvalue weighted by atomic mass is 16.3. The van der Waals surface area contributed by atoms with Crippen LogP contribution < -0.4 is 0 Å². The number of amides is 1. The lowest BCUT2D eigenvalue weighted by molar-refractivity contribution is 0.0701. The van der Waals surface area contributed by atoms with Crippen LogP contribution in [0.25, 0.3) is 0 Å². The molecule has 0 aliphatic carbocycles. The van der Waals surface area contributed by atoms with E-state index in [1.54, 1.807) is 11.8 Å². The largest absolute Gasteiger partial charge is 0.448 e. The van der Waals surface area contributed by atoms with Crippen molar-refractivity contribution >= 4 is 5.91 Å². The lowest BCUT2D eigenvalue weighted by atomic mass is 10.2. The van der Waals surface area contributed by atoms with Gasteiger partial charge in [-0.1, -0.05) is 30.3 Å². The molecule has 0 saturated heterocycles. The van der Waals surface area contributed by atoms with E-state index in [0.29, 0.717) is 18.0 Å². The first-order valence-corrected chi connectivity index (χ1v) is 6.06. The highest BCUT2D eigenvalue weighted by molar-refractivity contribution is 5.93. The topological polar surface area (TPSA) is 66.6 Å². The van der Waals surface area contributed by atoms with Crippen molar-refractivity contribution in [1.29, 1.82) is 0 Å². The van der Waals surface area contributed by atoms with Crippen molar-refractivity contribution in [2.24, 2.45) is 0 Å². The summed E-state index contributed by atoms with van der Waals surface area (Å²) < 4.78 is 5.04. The molecule has 0 fully saturated rings. The van der Waals surface area contributed by atoms with Crippen LogP contribution in [0.2, 0.25) is 0 Å². The van der Waals surface area contributed by atoms with Gasteiger partial charge in [-0.3, -0.25) is 4.79 Å². The number of carbonyl (C=O) groups excluding carboxylic acids is 1. The first kappa shape index (κ1) is 13.3. The Morgan fingerprint density at radius 3 is 2.68 bits per heavy atom. The minimum Gasteiger partial charge on any atom is -0.448 e. The van der Waals surface area contributed by atoms with Crippen LogP contribution in [-0.4, -0.2) is 34.0 Å². The molecule has 19 heavy (non-hydrogen) atoms. The maximum Gasteiger partial charge on any atom is 0.276 e. The fourth-order valence-corrected chi connectivity index (χ4v) is 1.84. The van der Waals surface area contributed by atoms with Crippen LogP contribution in [0.15, 0.2) is 41.1 Å². The average molecular weight is 260 g/mol. The number of oxazole rings is 1. The Kier molecular flexibility index (Phi) is 4.30. The number of aliphatic hydroxyl groups is 1. The van der Waals surface area contributed by atoms with Gasteiger partial charge in [-0.2, -0.15) is 0 Å².